The molecule has 1 atom stereocenters. The third-order valence-electron chi connectivity index (χ3n) is 5.74. The van der Waals surface area contributed by atoms with Crippen molar-refractivity contribution >= 4 is 22.8 Å². The molecule has 3 aliphatic rings. The molecule has 6 rings (SSSR count). The normalized spacial score (nSPS) is 22.9. The van der Waals surface area contributed by atoms with Gasteiger partial charge in [0.1, 0.15) is 0 Å². The number of para-hydroxylation sites is 1. The molecule has 29 heavy (non-hydrogen) atoms. The van der Waals surface area contributed by atoms with Gasteiger partial charge in [0.05, 0.1) is 5.92 Å². The zero-order valence-electron chi connectivity index (χ0n) is 16.0. The summed E-state index contributed by atoms with van der Waals surface area (Å²) in [5.41, 5.74) is 2.25. The van der Waals surface area contributed by atoms with E-state index < -0.39 is 11.9 Å². The highest BCUT2D eigenvalue weighted by molar-refractivity contribution is 6.27. The van der Waals surface area contributed by atoms with E-state index in [2.05, 4.69) is 52.1 Å². The van der Waals surface area contributed by atoms with E-state index in [1.165, 1.54) is 36.8 Å². The zero-order valence-corrected chi connectivity index (χ0v) is 16.0. The van der Waals surface area contributed by atoms with Crippen LogP contribution in [-0.4, -0.2) is 61.4 Å². The number of piperidine rings is 3. The number of nitrogens with zero attached hydrogens (tertiary/aromatic N) is 4. The highest BCUT2D eigenvalue weighted by Crippen LogP contribution is 2.39. The first kappa shape index (κ1) is 19.1. The largest absolute Gasteiger partial charge is 0.473 e. The third kappa shape index (κ3) is 3.73. The number of benzene rings is 1. The fraction of sp³-hybridized carbons (Fsp3) is 0.400. The minimum atomic E-state index is -1.82. The van der Waals surface area contributed by atoms with Crippen LogP contribution in [-0.2, 0) is 16.6 Å². The molecule has 3 aliphatic heterocycles. The van der Waals surface area contributed by atoms with E-state index in [1.54, 1.807) is 0 Å². The molecule has 3 fully saturated rings. The first-order valence-corrected chi connectivity index (χ1v) is 9.50. The molecule has 0 aliphatic carbocycles. The van der Waals surface area contributed by atoms with Gasteiger partial charge in [-0.15, -0.1) is 0 Å². The number of carbonyl (C=O) groups is 2. The van der Waals surface area contributed by atoms with Crippen molar-refractivity contribution < 1.29 is 24.3 Å². The lowest BCUT2D eigenvalue weighted by Gasteiger charge is -2.43. The van der Waals surface area contributed by atoms with Crippen LogP contribution >= 0.6 is 0 Å². The van der Waals surface area contributed by atoms with E-state index in [0.29, 0.717) is 17.7 Å². The number of rotatable bonds is 2. The summed E-state index contributed by atoms with van der Waals surface area (Å²) in [6.07, 6.45) is 4.61. The average molecular weight is 398 g/mol. The van der Waals surface area contributed by atoms with Gasteiger partial charge >= 0.3 is 11.9 Å². The maximum atomic E-state index is 9.10. The van der Waals surface area contributed by atoms with E-state index in [1.807, 2.05) is 0 Å². The highest BCUT2D eigenvalue weighted by Gasteiger charge is 2.38. The van der Waals surface area contributed by atoms with Crippen molar-refractivity contribution in [3.63, 3.8) is 0 Å². The van der Waals surface area contributed by atoms with Crippen LogP contribution in [0.4, 0.5) is 0 Å². The molecule has 2 bridgehead atoms. The molecule has 0 amide bonds. The van der Waals surface area contributed by atoms with Crippen LogP contribution in [0, 0.1) is 5.92 Å². The molecule has 152 valence electrons. The molecule has 1 aromatic carbocycles. The van der Waals surface area contributed by atoms with Crippen molar-refractivity contribution in [1.82, 2.24) is 19.6 Å². The Bertz CT molecular complexity index is 1040. The Morgan fingerprint density at radius 1 is 1.14 bits per heavy atom. The second-order valence-corrected chi connectivity index (χ2v) is 7.48. The minimum absolute atomic E-state index is 0.411. The van der Waals surface area contributed by atoms with Gasteiger partial charge in [0, 0.05) is 36.3 Å². The number of fused-ring (bicyclic) bond motifs is 4. The molecular weight excluding hydrogens is 376 g/mol. The summed E-state index contributed by atoms with van der Waals surface area (Å²) in [7, 11) is 2.06. The Morgan fingerprint density at radius 3 is 2.45 bits per heavy atom. The standard InChI is InChI=1S/C18H20N4O.C2H2O4/c1-21-10-15(13-4-2-3-5-16(13)21)17-19-18(23-20-17)14-11-22-8-6-12(14)7-9-22;3-1(4)2(5)6/h2-5,10,12,14H,6-9,11H2,1H3;(H,3,4)(H,5,6). The van der Waals surface area contributed by atoms with Crippen LogP contribution < -0.4 is 0 Å². The van der Waals surface area contributed by atoms with Gasteiger partial charge in [-0.25, -0.2) is 9.59 Å². The van der Waals surface area contributed by atoms with Gasteiger partial charge in [-0.1, -0.05) is 23.4 Å². The Morgan fingerprint density at radius 2 is 1.83 bits per heavy atom. The summed E-state index contributed by atoms with van der Waals surface area (Å²) in [5.74, 6) is -0.991. The summed E-state index contributed by atoms with van der Waals surface area (Å²) in [5, 5.41) is 20.3. The van der Waals surface area contributed by atoms with E-state index in [9.17, 15) is 0 Å². The Kier molecular flexibility index (Phi) is 5.06. The van der Waals surface area contributed by atoms with Crippen LogP contribution in [0.3, 0.4) is 0 Å². The minimum Gasteiger partial charge on any atom is -0.473 e. The molecule has 2 N–H and O–H groups in total. The van der Waals surface area contributed by atoms with Gasteiger partial charge in [0.25, 0.3) is 0 Å². The van der Waals surface area contributed by atoms with Crippen LogP contribution in [0.5, 0.6) is 0 Å². The third-order valence-corrected chi connectivity index (χ3v) is 5.74. The predicted octanol–water partition coefficient (Wildman–Crippen LogP) is 2.19. The van der Waals surface area contributed by atoms with Crippen LogP contribution in [0.25, 0.3) is 22.3 Å². The molecule has 0 spiro atoms. The number of carboxylic acids is 2. The summed E-state index contributed by atoms with van der Waals surface area (Å²) >= 11 is 0. The van der Waals surface area contributed by atoms with Gasteiger partial charge in [-0.2, -0.15) is 4.98 Å². The number of aliphatic carboxylic acids is 2. The summed E-state index contributed by atoms with van der Waals surface area (Å²) in [6.45, 7) is 3.53. The van der Waals surface area contributed by atoms with Crippen molar-refractivity contribution in [3.8, 4) is 11.4 Å². The topological polar surface area (TPSA) is 122 Å². The lowest BCUT2D eigenvalue weighted by Crippen LogP contribution is -2.46. The monoisotopic (exact) mass is 398 g/mol. The number of hydrogen-bond acceptors (Lipinski definition) is 6. The Hall–Kier alpha value is -3.20. The second-order valence-electron chi connectivity index (χ2n) is 7.48. The van der Waals surface area contributed by atoms with Gasteiger partial charge in [0.15, 0.2) is 0 Å². The second kappa shape index (κ2) is 7.67. The van der Waals surface area contributed by atoms with E-state index in [4.69, 9.17) is 29.3 Å². The summed E-state index contributed by atoms with van der Waals surface area (Å²) < 4.78 is 7.79. The van der Waals surface area contributed by atoms with Crippen molar-refractivity contribution in [2.24, 2.45) is 13.0 Å². The molecule has 0 radical (unpaired) electrons. The van der Waals surface area contributed by atoms with Crippen molar-refractivity contribution in [2.75, 3.05) is 19.6 Å². The lowest BCUT2D eigenvalue weighted by atomic mass is 9.79. The molecule has 9 heteroatoms. The zero-order chi connectivity index (χ0) is 20.5. The average Bonchev–Trinajstić information content (AvgIpc) is 3.35. The van der Waals surface area contributed by atoms with Gasteiger partial charge in [0.2, 0.25) is 11.7 Å². The SMILES string of the molecule is Cn1cc(-c2noc(C3CN4CCC3CC4)n2)c2ccccc21.O=C(O)C(=O)O. The van der Waals surface area contributed by atoms with E-state index >= 15 is 0 Å². The number of aryl methyl sites for hydroxylation is 1. The van der Waals surface area contributed by atoms with Crippen molar-refractivity contribution in [1.29, 1.82) is 0 Å². The van der Waals surface area contributed by atoms with E-state index in [0.717, 1.165) is 18.0 Å². The molecule has 3 aromatic rings. The highest BCUT2D eigenvalue weighted by atomic mass is 16.5. The quantitative estimate of drug-likeness (QED) is 0.630. The lowest BCUT2D eigenvalue weighted by molar-refractivity contribution is -0.159. The Balaban J connectivity index is 0.000000302. The number of hydrogen-bond donors (Lipinski definition) is 2. The molecule has 9 nitrogen and oxygen atoms in total. The number of aromatic nitrogens is 3. The first-order valence-electron chi connectivity index (χ1n) is 9.50. The molecule has 3 saturated heterocycles. The first-order chi connectivity index (χ1) is 13.9. The van der Waals surface area contributed by atoms with Crippen LogP contribution in [0.2, 0.25) is 0 Å². The van der Waals surface area contributed by atoms with Crippen LogP contribution in [0.15, 0.2) is 35.0 Å². The van der Waals surface area contributed by atoms with Gasteiger partial charge in [-0.3, -0.25) is 0 Å². The Labute approximate surface area is 166 Å². The van der Waals surface area contributed by atoms with Crippen molar-refractivity contribution in [2.45, 2.75) is 18.8 Å². The van der Waals surface area contributed by atoms with E-state index in [-0.39, 0.29) is 0 Å². The molecule has 2 aromatic heterocycles. The maximum Gasteiger partial charge on any atom is 0.414 e. The molecule has 1 unspecified atom stereocenters. The fourth-order valence-electron chi connectivity index (χ4n) is 4.26. The maximum absolute atomic E-state index is 9.10. The van der Waals surface area contributed by atoms with Crippen molar-refractivity contribution in [3.05, 3.63) is 36.4 Å². The summed E-state index contributed by atoms with van der Waals surface area (Å²) in [6, 6.07) is 8.35. The fourth-order valence-corrected chi connectivity index (χ4v) is 4.26. The smallest absolute Gasteiger partial charge is 0.414 e. The van der Waals surface area contributed by atoms with Gasteiger partial charge < -0.3 is 24.2 Å². The molecule has 5 heterocycles. The molecular formula is C20H22N4O5. The summed E-state index contributed by atoms with van der Waals surface area (Å²) in [4.78, 5) is 25.5. The number of carboxylic acid groups (broad SMARTS) is 2. The van der Waals surface area contributed by atoms with Gasteiger partial charge in [-0.05, 0) is 37.9 Å². The van der Waals surface area contributed by atoms with Crippen LogP contribution in [0.1, 0.15) is 24.7 Å². The molecule has 0 saturated carbocycles. The predicted molar refractivity (Wildman–Crippen MR) is 103 cm³/mol.